The Bertz CT molecular complexity index is 1300. The lowest BCUT2D eigenvalue weighted by Gasteiger charge is -2.21. The zero-order chi connectivity index (χ0) is 25.6. The molecule has 2 N–H and O–H groups in total. The highest BCUT2D eigenvalue weighted by atomic mass is 32.2. The van der Waals surface area contributed by atoms with E-state index in [9.17, 15) is 18.0 Å². The molecule has 186 valence electrons. The van der Waals surface area contributed by atoms with Crippen LogP contribution in [0, 0.1) is 0 Å². The fourth-order valence-corrected chi connectivity index (χ4v) is 4.38. The molecule has 1 amide bonds. The summed E-state index contributed by atoms with van der Waals surface area (Å²) in [4.78, 5) is 28.8. The Kier molecular flexibility index (Phi) is 7.87. The Morgan fingerprint density at radius 1 is 1.00 bits per heavy atom. The van der Waals surface area contributed by atoms with Gasteiger partial charge in [-0.25, -0.2) is 18.7 Å². The predicted molar refractivity (Wildman–Crippen MR) is 127 cm³/mol. The Balaban J connectivity index is 1.86. The number of methoxy groups -OCH3 is 4. The molecule has 0 aliphatic carbocycles. The molecule has 35 heavy (non-hydrogen) atoms. The van der Waals surface area contributed by atoms with Crippen LogP contribution in [0.1, 0.15) is 11.1 Å². The number of sulfone groups is 1. The van der Waals surface area contributed by atoms with Gasteiger partial charge in [0.05, 0.1) is 45.4 Å². The maximum atomic E-state index is 13.1. The lowest BCUT2D eigenvalue weighted by atomic mass is 10.1. The molecule has 0 bridgehead atoms. The molecule has 12 heteroatoms. The van der Waals surface area contributed by atoms with Crippen LogP contribution < -0.4 is 29.8 Å². The quantitative estimate of drug-likeness (QED) is 0.386. The number of hydroxylamine groups is 1. The first kappa shape index (κ1) is 25.4. The van der Waals surface area contributed by atoms with Crippen molar-refractivity contribution in [1.82, 2.24) is 5.48 Å². The molecule has 0 unspecified atom stereocenters. The number of ether oxygens (including phenoxy) is 4. The molecule has 0 aromatic heterocycles. The van der Waals surface area contributed by atoms with Crippen molar-refractivity contribution in [3.05, 3.63) is 58.6 Å². The zero-order valence-electron chi connectivity index (χ0n) is 19.4. The smallest absolute Gasteiger partial charge is 0.330 e. The number of nitrogens with one attached hydrogen (secondary N) is 2. The van der Waals surface area contributed by atoms with Crippen molar-refractivity contribution in [2.45, 2.75) is 5.75 Å². The SMILES string of the molecule is COC(=O)/C=C\C(=O)Nc1cc(CS(=O)(=O)C2=Cc3c(OC)cc(OC)cc3ON2)ccc1OC. The largest absolute Gasteiger partial charge is 0.496 e. The minimum atomic E-state index is -3.90. The number of carbonyl (C=O) groups excluding carboxylic acids is 2. The molecule has 0 saturated heterocycles. The van der Waals surface area contributed by atoms with Crippen LogP contribution in [0.4, 0.5) is 5.69 Å². The fourth-order valence-electron chi connectivity index (χ4n) is 3.14. The molecule has 1 aliphatic rings. The molecule has 0 saturated carbocycles. The van der Waals surface area contributed by atoms with Gasteiger partial charge in [-0.3, -0.25) is 4.79 Å². The van der Waals surface area contributed by atoms with Gasteiger partial charge in [0.2, 0.25) is 15.7 Å². The van der Waals surface area contributed by atoms with E-state index in [0.717, 1.165) is 12.2 Å². The first-order chi connectivity index (χ1) is 16.7. The lowest BCUT2D eigenvalue weighted by Crippen LogP contribution is -2.28. The van der Waals surface area contributed by atoms with Crippen molar-refractivity contribution in [2.75, 3.05) is 33.8 Å². The molecule has 1 heterocycles. The summed E-state index contributed by atoms with van der Waals surface area (Å²) in [6.45, 7) is 0. The second kappa shape index (κ2) is 10.8. The molecule has 3 rings (SSSR count). The average molecular weight is 505 g/mol. The van der Waals surface area contributed by atoms with Gasteiger partial charge in [-0.05, 0) is 23.8 Å². The Morgan fingerprint density at radius 3 is 2.40 bits per heavy atom. The highest BCUT2D eigenvalue weighted by Gasteiger charge is 2.26. The molecule has 0 fully saturated rings. The van der Waals surface area contributed by atoms with E-state index in [4.69, 9.17) is 19.0 Å². The molecule has 1 aliphatic heterocycles. The van der Waals surface area contributed by atoms with Gasteiger partial charge in [0.15, 0.2) is 10.8 Å². The van der Waals surface area contributed by atoms with Crippen molar-refractivity contribution >= 4 is 33.5 Å². The summed E-state index contributed by atoms with van der Waals surface area (Å²) in [6, 6.07) is 7.75. The lowest BCUT2D eigenvalue weighted by molar-refractivity contribution is -0.135. The zero-order valence-corrected chi connectivity index (χ0v) is 20.2. The first-order valence-electron chi connectivity index (χ1n) is 10.1. The third-order valence-corrected chi connectivity index (χ3v) is 6.44. The standard InChI is InChI=1S/C23H24N2O9S/c1-30-15-10-19(32-3)16-12-22(25-34-20(16)11-15)35(28,29)13-14-5-6-18(31-2)17(9-14)24-21(26)7-8-23(27)33-4/h5-12,25H,13H2,1-4H3,(H,24,26)/b8-7-. The summed E-state index contributed by atoms with van der Waals surface area (Å²) in [6.07, 6.45) is 3.36. The minimum absolute atomic E-state index is 0.170. The number of hydrogen-bond acceptors (Lipinski definition) is 10. The van der Waals surface area contributed by atoms with Crippen molar-refractivity contribution in [1.29, 1.82) is 0 Å². The van der Waals surface area contributed by atoms with E-state index in [-0.39, 0.29) is 10.7 Å². The number of rotatable bonds is 9. The summed E-state index contributed by atoms with van der Waals surface area (Å²) in [7, 11) is 1.63. The number of hydrogen-bond donors (Lipinski definition) is 2. The van der Waals surface area contributed by atoms with E-state index in [1.54, 1.807) is 18.2 Å². The molecule has 2 aromatic carbocycles. The number of amides is 1. The van der Waals surface area contributed by atoms with E-state index in [2.05, 4.69) is 15.5 Å². The molecule has 0 radical (unpaired) electrons. The van der Waals surface area contributed by atoms with Crippen LogP contribution in [-0.2, 0) is 29.9 Å². The second-order valence-electron chi connectivity index (χ2n) is 7.09. The maximum absolute atomic E-state index is 13.1. The van der Waals surface area contributed by atoms with Gasteiger partial charge in [0.1, 0.15) is 17.2 Å². The Hall–Kier alpha value is -4.19. The molecular formula is C23H24N2O9S. The number of carbonyl (C=O) groups is 2. The van der Waals surface area contributed by atoms with Gasteiger partial charge in [-0.2, -0.15) is 0 Å². The number of fused-ring (bicyclic) bond motifs is 1. The number of benzene rings is 2. The van der Waals surface area contributed by atoms with Crippen molar-refractivity contribution in [3.63, 3.8) is 0 Å². The maximum Gasteiger partial charge on any atom is 0.330 e. The second-order valence-corrected chi connectivity index (χ2v) is 9.05. The topological polar surface area (TPSA) is 138 Å². The molecule has 0 spiro atoms. The van der Waals surface area contributed by atoms with E-state index < -0.39 is 27.5 Å². The third-order valence-electron chi connectivity index (χ3n) is 4.86. The van der Waals surface area contributed by atoms with Gasteiger partial charge < -0.3 is 29.1 Å². The fraction of sp³-hybridized carbons (Fsp3) is 0.217. The molecule has 11 nitrogen and oxygen atoms in total. The minimum Gasteiger partial charge on any atom is -0.496 e. The van der Waals surface area contributed by atoms with Crippen molar-refractivity contribution in [2.24, 2.45) is 0 Å². The van der Waals surface area contributed by atoms with E-state index in [0.29, 0.717) is 34.1 Å². The normalized spacial score (nSPS) is 12.5. The molecule has 2 aromatic rings. The van der Waals surface area contributed by atoms with Crippen LogP contribution in [0.3, 0.4) is 0 Å². The van der Waals surface area contributed by atoms with Crippen molar-refractivity contribution < 1.29 is 41.8 Å². The van der Waals surface area contributed by atoms with Crippen LogP contribution in [0.15, 0.2) is 47.5 Å². The van der Waals surface area contributed by atoms with Crippen LogP contribution in [0.2, 0.25) is 0 Å². The third kappa shape index (κ3) is 6.03. The highest BCUT2D eigenvalue weighted by Crippen LogP contribution is 2.38. The summed E-state index contributed by atoms with van der Waals surface area (Å²) in [5.74, 6) is -0.226. The van der Waals surface area contributed by atoms with Gasteiger partial charge in [-0.15, -0.1) is 0 Å². The Labute approximate surface area is 202 Å². The Morgan fingerprint density at radius 2 is 1.74 bits per heavy atom. The summed E-state index contributed by atoms with van der Waals surface area (Å²) >= 11 is 0. The first-order valence-corrected chi connectivity index (χ1v) is 11.7. The van der Waals surface area contributed by atoms with Gasteiger partial charge in [0.25, 0.3) is 0 Å². The van der Waals surface area contributed by atoms with Gasteiger partial charge >= 0.3 is 5.97 Å². The monoisotopic (exact) mass is 504 g/mol. The molecule has 0 atom stereocenters. The average Bonchev–Trinajstić information content (AvgIpc) is 2.86. The van der Waals surface area contributed by atoms with Crippen LogP contribution in [0.5, 0.6) is 23.0 Å². The van der Waals surface area contributed by atoms with E-state index >= 15 is 0 Å². The van der Waals surface area contributed by atoms with Gasteiger partial charge in [0, 0.05) is 24.3 Å². The van der Waals surface area contributed by atoms with E-state index in [1.165, 1.54) is 46.6 Å². The van der Waals surface area contributed by atoms with Crippen LogP contribution in [0.25, 0.3) is 6.08 Å². The van der Waals surface area contributed by atoms with Crippen LogP contribution in [-0.4, -0.2) is 48.7 Å². The molecular weight excluding hydrogens is 480 g/mol. The number of anilines is 1. The predicted octanol–water partition coefficient (Wildman–Crippen LogP) is 2.19. The summed E-state index contributed by atoms with van der Waals surface area (Å²) in [5.41, 5.74) is 3.48. The summed E-state index contributed by atoms with van der Waals surface area (Å²) in [5, 5.41) is 2.38. The van der Waals surface area contributed by atoms with Gasteiger partial charge in [-0.1, -0.05) is 6.07 Å². The number of esters is 1. The van der Waals surface area contributed by atoms with E-state index in [1.807, 2.05) is 0 Å². The van der Waals surface area contributed by atoms with Crippen LogP contribution >= 0.6 is 0 Å². The summed E-state index contributed by atoms with van der Waals surface area (Å²) < 4.78 is 46.5. The van der Waals surface area contributed by atoms with Crippen molar-refractivity contribution in [3.8, 4) is 23.0 Å². The highest BCUT2D eigenvalue weighted by molar-refractivity contribution is 7.94.